The van der Waals surface area contributed by atoms with Gasteiger partial charge in [0, 0.05) is 54.5 Å². The Morgan fingerprint density at radius 1 is 0.667 bits per heavy atom. The SMILES string of the molecule is C=CC.c1ccc(N(c2ccccc2)c2cccc(-n3c4cccnc4c4c5sc6ccccc6c5ccc43)c2)cc1. The summed E-state index contributed by atoms with van der Waals surface area (Å²) in [4.78, 5) is 7.21. The Balaban J connectivity index is 0.000000923. The van der Waals surface area contributed by atoms with E-state index in [0.717, 1.165) is 33.8 Å². The lowest BCUT2D eigenvalue weighted by atomic mass is 10.1. The summed E-state index contributed by atoms with van der Waals surface area (Å²) in [6.07, 6.45) is 3.65. The zero-order valence-electron chi connectivity index (χ0n) is 23.3. The summed E-state index contributed by atoms with van der Waals surface area (Å²) in [5.41, 5.74) is 7.78. The molecule has 4 heteroatoms. The molecule has 3 aromatic heterocycles. The van der Waals surface area contributed by atoms with E-state index >= 15 is 0 Å². The van der Waals surface area contributed by atoms with Gasteiger partial charge in [0.05, 0.1) is 16.6 Å². The van der Waals surface area contributed by atoms with E-state index in [9.17, 15) is 0 Å². The lowest BCUT2D eigenvalue weighted by molar-refractivity contribution is 1.17. The fourth-order valence-electron chi connectivity index (χ4n) is 5.74. The Kier molecular flexibility index (Phi) is 6.75. The first-order valence-electron chi connectivity index (χ1n) is 14.1. The molecule has 0 saturated carbocycles. The predicted octanol–water partition coefficient (Wildman–Crippen LogP) is 11.2. The fraction of sp³-hybridized carbons (Fsp3) is 0.0263. The van der Waals surface area contributed by atoms with Crippen LogP contribution in [0.4, 0.5) is 17.1 Å². The second kappa shape index (κ2) is 11.0. The Morgan fingerprint density at radius 3 is 2.07 bits per heavy atom. The molecule has 0 saturated heterocycles. The number of anilines is 3. The van der Waals surface area contributed by atoms with Crippen LogP contribution in [0.3, 0.4) is 0 Å². The maximum atomic E-state index is 4.90. The predicted molar refractivity (Wildman–Crippen MR) is 182 cm³/mol. The normalized spacial score (nSPS) is 11.1. The van der Waals surface area contributed by atoms with Crippen LogP contribution >= 0.6 is 11.3 Å². The van der Waals surface area contributed by atoms with E-state index in [0.29, 0.717) is 0 Å². The molecule has 0 spiro atoms. The van der Waals surface area contributed by atoms with E-state index in [1.807, 2.05) is 30.5 Å². The lowest BCUT2D eigenvalue weighted by Gasteiger charge is -2.26. The average molecular weight is 560 g/mol. The maximum Gasteiger partial charge on any atom is 0.0977 e. The van der Waals surface area contributed by atoms with E-state index in [1.165, 1.54) is 31.1 Å². The molecular formula is C38H29N3S. The summed E-state index contributed by atoms with van der Waals surface area (Å²) in [5, 5.41) is 3.82. The Hall–Kier alpha value is -5.19. The standard InChI is InChI=1S/C35H23N3S.C3H6/c1-3-11-24(12-4-1)37(25-13-5-2-6-14-25)26-15-9-16-27(23-26)38-30-21-20-29-28-17-7-8-19-32(28)39-35(29)33(30)34-31(38)18-10-22-36-34;1-3-2/h1-23H;3H,1H2,2H3. The molecule has 3 heterocycles. The molecule has 3 nitrogen and oxygen atoms in total. The molecule has 0 amide bonds. The van der Waals surface area contributed by atoms with Crippen molar-refractivity contribution in [3.63, 3.8) is 0 Å². The van der Waals surface area contributed by atoms with Crippen LogP contribution in [0.1, 0.15) is 6.92 Å². The van der Waals surface area contributed by atoms with Crippen molar-refractivity contribution >= 4 is 70.5 Å². The van der Waals surface area contributed by atoms with Crippen LogP contribution in [0.25, 0.3) is 47.8 Å². The number of aromatic nitrogens is 2. The summed E-state index contributed by atoms with van der Waals surface area (Å²) in [7, 11) is 0. The summed E-state index contributed by atoms with van der Waals surface area (Å²) in [6, 6.07) is 47.3. The summed E-state index contributed by atoms with van der Waals surface area (Å²) < 4.78 is 4.96. The number of thiophene rings is 1. The molecular weight excluding hydrogens is 531 g/mol. The van der Waals surface area contributed by atoms with E-state index in [2.05, 4.69) is 143 Å². The van der Waals surface area contributed by atoms with Gasteiger partial charge in [0.2, 0.25) is 0 Å². The van der Waals surface area contributed by atoms with Gasteiger partial charge >= 0.3 is 0 Å². The highest BCUT2D eigenvalue weighted by Crippen LogP contribution is 2.43. The van der Waals surface area contributed by atoms with Gasteiger partial charge in [0.1, 0.15) is 0 Å². The molecule has 8 rings (SSSR count). The van der Waals surface area contributed by atoms with Crippen molar-refractivity contribution in [2.75, 3.05) is 4.90 Å². The van der Waals surface area contributed by atoms with Crippen molar-refractivity contribution in [3.05, 3.63) is 152 Å². The molecule has 0 radical (unpaired) electrons. The van der Waals surface area contributed by atoms with Gasteiger partial charge in [0.25, 0.3) is 0 Å². The van der Waals surface area contributed by atoms with Crippen LogP contribution in [-0.2, 0) is 0 Å². The van der Waals surface area contributed by atoms with Crippen molar-refractivity contribution in [2.24, 2.45) is 0 Å². The van der Waals surface area contributed by atoms with Crippen molar-refractivity contribution in [2.45, 2.75) is 6.92 Å². The van der Waals surface area contributed by atoms with E-state index < -0.39 is 0 Å². The number of nitrogens with zero attached hydrogens (tertiary/aromatic N) is 3. The first-order chi connectivity index (χ1) is 20.8. The van der Waals surface area contributed by atoms with Gasteiger partial charge in [0.15, 0.2) is 0 Å². The molecule has 0 N–H and O–H groups in total. The molecule has 0 bridgehead atoms. The lowest BCUT2D eigenvalue weighted by Crippen LogP contribution is -2.10. The number of benzene rings is 5. The largest absolute Gasteiger partial charge is 0.310 e. The van der Waals surface area contributed by atoms with Crippen LogP contribution in [0.2, 0.25) is 0 Å². The Morgan fingerprint density at radius 2 is 1.33 bits per heavy atom. The molecule has 0 aliphatic carbocycles. The molecule has 0 unspecified atom stereocenters. The summed E-state index contributed by atoms with van der Waals surface area (Å²) >= 11 is 1.86. The van der Waals surface area contributed by atoms with Crippen LogP contribution in [0.5, 0.6) is 0 Å². The number of hydrogen-bond acceptors (Lipinski definition) is 3. The number of fused-ring (bicyclic) bond motifs is 7. The van der Waals surface area contributed by atoms with Gasteiger partial charge in [-0.05, 0) is 73.7 Å². The van der Waals surface area contributed by atoms with Crippen LogP contribution in [0, 0.1) is 0 Å². The van der Waals surface area contributed by atoms with Gasteiger partial charge in [-0.15, -0.1) is 17.9 Å². The van der Waals surface area contributed by atoms with Gasteiger partial charge in [-0.3, -0.25) is 4.98 Å². The van der Waals surface area contributed by atoms with Gasteiger partial charge in [-0.2, -0.15) is 0 Å². The third-order valence-electron chi connectivity index (χ3n) is 7.40. The number of rotatable bonds is 4. The molecule has 42 heavy (non-hydrogen) atoms. The molecule has 5 aromatic carbocycles. The molecule has 0 fully saturated rings. The van der Waals surface area contributed by atoms with Gasteiger partial charge in [-0.25, -0.2) is 0 Å². The topological polar surface area (TPSA) is 21.1 Å². The smallest absolute Gasteiger partial charge is 0.0977 e. The van der Waals surface area contributed by atoms with Gasteiger partial charge in [-0.1, -0.05) is 72.8 Å². The number of para-hydroxylation sites is 2. The minimum absolute atomic E-state index is 1.04. The fourth-order valence-corrected chi connectivity index (χ4v) is 6.99. The quantitative estimate of drug-likeness (QED) is 0.200. The zero-order valence-corrected chi connectivity index (χ0v) is 24.1. The molecule has 0 atom stereocenters. The third-order valence-corrected chi connectivity index (χ3v) is 8.61. The van der Waals surface area contributed by atoms with Crippen LogP contribution in [0.15, 0.2) is 152 Å². The van der Waals surface area contributed by atoms with Crippen LogP contribution < -0.4 is 4.90 Å². The molecule has 0 aliphatic rings. The average Bonchev–Trinajstić information content (AvgIpc) is 3.59. The second-order valence-electron chi connectivity index (χ2n) is 10.1. The van der Waals surface area contributed by atoms with Gasteiger partial charge < -0.3 is 9.47 Å². The van der Waals surface area contributed by atoms with Crippen molar-refractivity contribution < 1.29 is 0 Å². The number of allylic oxidation sites excluding steroid dienone is 1. The van der Waals surface area contributed by atoms with Crippen molar-refractivity contribution in [1.82, 2.24) is 9.55 Å². The molecule has 0 aliphatic heterocycles. The molecule has 202 valence electrons. The molecule has 8 aromatic rings. The number of pyridine rings is 1. The highest BCUT2D eigenvalue weighted by Gasteiger charge is 2.19. The zero-order chi connectivity index (χ0) is 28.5. The maximum absolute atomic E-state index is 4.90. The van der Waals surface area contributed by atoms with Crippen LogP contribution in [-0.4, -0.2) is 9.55 Å². The Labute approximate surface area is 249 Å². The minimum atomic E-state index is 1.04. The van der Waals surface area contributed by atoms with Crippen molar-refractivity contribution in [1.29, 1.82) is 0 Å². The monoisotopic (exact) mass is 559 g/mol. The first-order valence-corrected chi connectivity index (χ1v) is 14.9. The van der Waals surface area contributed by atoms with E-state index in [4.69, 9.17) is 4.98 Å². The second-order valence-corrected chi connectivity index (χ2v) is 11.1. The van der Waals surface area contributed by atoms with E-state index in [-0.39, 0.29) is 0 Å². The number of hydrogen-bond donors (Lipinski definition) is 0. The van der Waals surface area contributed by atoms with E-state index in [1.54, 1.807) is 6.08 Å². The summed E-state index contributed by atoms with van der Waals surface area (Å²) in [6.45, 7) is 5.25. The minimum Gasteiger partial charge on any atom is -0.310 e. The Bertz CT molecular complexity index is 2140. The highest BCUT2D eigenvalue weighted by molar-refractivity contribution is 7.26. The van der Waals surface area contributed by atoms with Crippen molar-refractivity contribution in [3.8, 4) is 5.69 Å². The highest BCUT2D eigenvalue weighted by atomic mass is 32.1. The summed E-state index contributed by atoms with van der Waals surface area (Å²) in [5.74, 6) is 0. The first kappa shape index (κ1) is 25.8. The third kappa shape index (κ3) is 4.33.